The minimum absolute atomic E-state index is 0.407. The van der Waals surface area contributed by atoms with Crippen LogP contribution in [-0.2, 0) is 6.54 Å². The van der Waals surface area contributed by atoms with Crippen molar-refractivity contribution in [2.24, 2.45) is 0 Å². The first-order chi connectivity index (χ1) is 7.24. The van der Waals surface area contributed by atoms with Crippen LogP contribution in [0.4, 0.5) is 0 Å². The number of benzene rings is 1. The molecule has 0 saturated heterocycles. The minimum atomic E-state index is -0.407. The lowest BCUT2D eigenvalue weighted by Gasteiger charge is -2.03. The van der Waals surface area contributed by atoms with Crippen LogP contribution < -0.4 is 5.76 Å². The predicted octanol–water partition coefficient (Wildman–Crippen LogP) is 1.83. The highest BCUT2D eigenvalue weighted by atomic mass is 16.5. The molecule has 0 aliphatic rings. The van der Waals surface area contributed by atoms with Gasteiger partial charge in [0, 0.05) is 12.1 Å². The Morgan fingerprint density at radius 2 is 2.13 bits per heavy atom. The number of aromatic nitrogens is 2. The highest BCUT2D eigenvalue weighted by Crippen LogP contribution is 2.19. The molecule has 2 aromatic rings. The van der Waals surface area contributed by atoms with Crippen LogP contribution in [0.5, 0.6) is 0 Å². The first-order valence-electron chi connectivity index (χ1n) is 4.86. The Morgan fingerprint density at radius 3 is 2.80 bits per heavy atom. The Labute approximate surface area is 87.1 Å². The van der Waals surface area contributed by atoms with Crippen molar-refractivity contribution in [2.45, 2.75) is 20.4 Å². The lowest BCUT2D eigenvalue weighted by atomic mass is 10.1. The largest absolute Gasteiger partial charge is 0.441 e. The van der Waals surface area contributed by atoms with Crippen molar-refractivity contribution >= 4 is 0 Å². The van der Waals surface area contributed by atoms with E-state index in [-0.39, 0.29) is 0 Å². The molecule has 0 aliphatic carbocycles. The molecule has 0 bridgehead atoms. The molecule has 0 amide bonds. The summed E-state index contributed by atoms with van der Waals surface area (Å²) < 4.78 is 6.17. The normalized spacial score (nSPS) is 10.5. The molecule has 0 aliphatic heterocycles. The zero-order valence-electron chi connectivity index (χ0n) is 8.73. The Morgan fingerprint density at radius 1 is 1.40 bits per heavy atom. The van der Waals surface area contributed by atoms with Gasteiger partial charge in [0.05, 0.1) is 0 Å². The van der Waals surface area contributed by atoms with Crippen molar-refractivity contribution in [1.82, 2.24) is 9.72 Å². The fourth-order valence-corrected chi connectivity index (χ4v) is 1.56. The number of aryl methyl sites for hydroxylation is 1. The second-order valence-corrected chi connectivity index (χ2v) is 3.33. The molecule has 0 saturated carbocycles. The third-order valence-electron chi connectivity index (χ3n) is 2.39. The Balaban J connectivity index is 2.64. The van der Waals surface area contributed by atoms with Crippen LogP contribution in [0, 0.1) is 6.92 Å². The topological polar surface area (TPSA) is 48.0 Å². The SMILES string of the molecule is CCn1c(-c2ccccc2C)noc1=O. The van der Waals surface area contributed by atoms with Crippen LogP contribution in [-0.4, -0.2) is 9.72 Å². The number of hydrogen-bond acceptors (Lipinski definition) is 3. The van der Waals surface area contributed by atoms with Gasteiger partial charge in [0.2, 0.25) is 0 Å². The maximum Gasteiger partial charge on any atom is 0.441 e. The monoisotopic (exact) mass is 204 g/mol. The third-order valence-corrected chi connectivity index (χ3v) is 2.39. The average Bonchev–Trinajstić information content (AvgIpc) is 2.60. The average molecular weight is 204 g/mol. The Hall–Kier alpha value is -1.84. The van der Waals surface area contributed by atoms with E-state index in [0.717, 1.165) is 11.1 Å². The maximum atomic E-state index is 11.3. The summed E-state index contributed by atoms with van der Waals surface area (Å²) in [4.78, 5) is 11.3. The third kappa shape index (κ3) is 1.58. The van der Waals surface area contributed by atoms with Crippen molar-refractivity contribution in [2.75, 3.05) is 0 Å². The highest BCUT2D eigenvalue weighted by molar-refractivity contribution is 5.59. The molecule has 0 atom stereocenters. The van der Waals surface area contributed by atoms with E-state index in [1.54, 1.807) is 0 Å². The van der Waals surface area contributed by atoms with Crippen LogP contribution in [0.1, 0.15) is 12.5 Å². The van der Waals surface area contributed by atoms with Crippen LogP contribution in [0.2, 0.25) is 0 Å². The number of hydrogen-bond donors (Lipinski definition) is 0. The van der Waals surface area contributed by atoms with Gasteiger partial charge in [-0.15, -0.1) is 0 Å². The Bertz CT molecular complexity index is 525. The maximum absolute atomic E-state index is 11.3. The van der Waals surface area contributed by atoms with E-state index in [2.05, 4.69) is 9.68 Å². The van der Waals surface area contributed by atoms with E-state index in [0.29, 0.717) is 12.4 Å². The number of rotatable bonds is 2. The summed E-state index contributed by atoms with van der Waals surface area (Å²) in [6, 6.07) is 7.78. The summed E-state index contributed by atoms with van der Waals surface area (Å²) in [7, 11) is 0. The molecule has 4 nitrogen and oxygen atoms in total. The van der Waals surface area contributed by atoms with Crippen molar-refractivity contribution in [1.29, 1.82) is 0 Å². The molecule has 4 heteroatoms. The molecule has 0 radical (unpaired) electrons. The Kier molecular flexibility index (Phi) is 2.41. The molecule has 2 rings (SSSR count). The molecule has 0 N–H and O–H groups in total. The van der Waals surface area contributed by atoms with Crippen LogP contribution in [0.3, 0.4) is 0 Å². The highest BCUT2D eigenvalue weighted by Gasteiger charge is 2.12. The van der Waals surface area contributed by atoms with Crippen LogP contribution in [0.15, 0.2) is 33.6 Å². The molecule has 1 aromatic heterocycles. The van der Waals surface area contributed by atoms with Crippen LogP contribution >= 0.6 is 0 Å². The second kappa shape index (κ2) is 3.73. The molecule has 78 valence electrons. The molecule has 0 fully saturated rings. The van der Waals surface area contributed by atoms with Crippen molar-refractivity contribution in [3.63, 3.8) is 0 Å². The van der Waals surface area contributed by atoms with Gasteiger partial charge in [-0.05, 0) is 19.4 Å². The fourth-order valence-electron chi connectivity index (χ4n) is 1.56. The molecular weight excluding hydrogens is 192 g/mol. The summed E-state index contributed by atoms with van der Waals surface area (Å²) in [6.07, 6.45) is 0. The van der Waals surface area contributed by atoms with Crippen molar-refractivity contribution in [3.05, 3.63) is 40.4 Å². The lowest BCUT2D eigenvalue weighted by Crippen LogP contribution is -2.13. The van der Waals surface area contributed by atoms with E-state index in [4.69, 9.17) is 0 Å². The van der Waals surface area contributed by atoms with Gasteiger partial charge < -0.3 is 0 Å². The van der Waals surface area contributed by atoms with Gasteiger partial charge in [-0.3, -0.25) is 9.09 Å². The molecular formula is C11H12N2O2. The van der Waals surface area contributed by atoms with E-state index in [1.807, 2.05) is 38.1 Å². The summed E-state index contributed by atoms with van der Waals surface area (Å²) in [5.41, 5.74) is 2.01. The van der Waals surface area contributed by atoms with Gasteiger partial charge >= 0.3 is 5.76 Å². The van der Waals surface area contributed by atoms with Gasteiger partial charge in [-0.2, -0.15) is 0 Å². The fraction of sp³-hybridized carbons (Fsp3) is 0.273. The molecule has 15 heavy (non-hydrogen) atoms. The molecule has 0 spiro atoms. The van der Waals surface area contributed by atoms with E-state index in [9.17, 15) is 4.79 Å². The van der Waals surface area contributed by atoms with Gasteiger partial charge in [0.15, 0.2) is 5.82 Å². The lowest BCUT2D eigenvalue weighted by molar-refractivity contribution is 0.377. The number of nitrogens with zero attached hydrogens (tertiary/aromatic N) is 2. The van der Waals surface area contributed by atoms with Gasteiger partial charge in [0.25, 0.3) is 0 Å². The van der Waals surface area contributed by atoms with Crippen LogP contribution in [0.25, 0.3) is 11.4 Å². The first kappa shape index (κ1) is 9.71. The quantitative estimate of drug-likeness (QED) is 0.749. The minimum Gasteiger partial charge on any atom is -0.295 e. The van der Waals surface area contributed by atoms with E-state index in [1.165, 1.54) is 4.57 Å². The van der Waals surface area contributed by atoms with Crippen molar-refractivity contribution in [3.8, 4) is 11.4 Å². The van der Waals surface area contributed by atoms with E-state index >= 15 is 0 Å². The zero-order valence-corrected chi connectivity index (χ0v) is 8.73. The first-order valence-corrected chi connectivity index (χ1v) is 4.86. The van der Waals surface area contributed by atoms with Gasteiger partial charge in [-0.25, -0.2) is 4.79 Å². The van der Waals surface area contributed by atoms with Crippen molar-refractivity contribution < 1.29 is 4.52 Å². The van der Waals surface area contributed by atoms with Gasteiger partial charge in [0.1, 0.15) is 0 Å². The molecule has 1 aromatic carbocycles. The summed E-state index contributed by atoms with van der Waals surface area (Å²) >= 11 is 0. The standard InChI is InChI=1S/C11H12N2O2/c1-3-13-10(12-15-11(13)14)9-7-5-4-6-8(9)2/h4-7H,3H2,1-2H3. The van der Waals surface area contributed by atoms with E-state index < -0.39 is 5.76 Å². The smallest absolute Gasteiger partial charge is 0.295 e. The van der Waals surface area contributed by atoms with Gasteiger partial charge in [-0.1, -0.05) is 29.4 Å². The predicted molar refractivity (Wildman–Crippen MR) is 56.6 cm³/mol. The summed E-state index contributed by atoms with van der Waals surface area (Å²) in [5, 5.41) is 3.79. The molecule has 1 heterocycles. The zero-order chi connectivity index (χ0) is 10.8. The summed E-state index contributed by atoms with van der Waals surface area (Å²) in [6.45, 7) is 4.43. The second-order valence-electron chi connectivity index (χ2n) is 3.33. The summed E-state index contributed by atoms with van der Waals surface area (Å²) in [5.74, 6) is 0.191. The molecule has 0 unspecified atom stereocenters.